The third-order valence-electron chi connectivity index (χ3n) is 4.42. The van der Waals surface area contributed by atoms with Gasteiger partial charge in [-0.15, -0.1) is 0 Å². The van der Waals surface area contributed by atoms with Gasteiger partial charge in [-0.2, -0.15) is 0 Å². The van der Waals surface area contributed by atoms with Gasteiger partial charge in [-0.25, -0.2) is 0 Å². The topological polar surface area (TPSA) is 49.3 Å². The Labute approximate surface area is 118 Å². The van der Waals surface area contributed by atoms with Crippen LogP contribution in [0.5, 0.6) is 0 Å². The summed E-state index contributed by atoms with van der Waals surface area (Å²) in [6.07, 6.45) is 7.38. The van der Waals surface area contributed by atoms with Gasteiger partial charge in [-0.1, -0.05) is 27.2 Å². The summed E-state index contributed by atoms with van der Waals surface area (Å²) in [5.41, 5.74) is 0.207. The van der Waals surface area contributed by atoms with Crippen LogP contribution in [0.15, 0.2) is 0 Å². The van der Waals surface area contributed by atoms with Crippen LogP contribution in [-0.2, 0) is 4.79 Å². The Morgan fingerprint density at radius 1 is 1.26 bits per heavy atom. The van der Waals surface area contributed by atoms with Gasteiger partial charge in [0.1, 0.15) is 0 Å². The van der Waals surface area contributed by atoms with Gasteiger partial charge in [0, 0.05) is 19.1 Å². The number of carbonyl (C=O) groups excluding carboxylic acids is 1. The van der Waals surface area contributed by atoms with E-state index in [1.54, 1.807) is 0 Å². The molecular weight excluding hydrogens is 238 g/mol. The molecule has 0 saturated heterocycles. The van der Waals surface area contributed by atoms with Crippen LogP contribution in [0.25, 0.3) is 0 Å². The summed E-state index contributed by atoms with van der Waals surface area (Å²) in [5.74, 6) is 1.07. The van der Waals surface area contributed by atoms with Gasteiger partial charge in [0.25, 0.3) is 0 Å². The van der Waals surface area contributed by atoms with Crippen molar-refractivity contribution in [3.05, 3.63) is 0 Å². The van der Waals surface area contributed by atoms with E-state index >= 15 is 0 Å². The van der Waals surface area contributed by atoms with E-state index in [2.05, 4.69) is 26.1 Å². The number of hydrogen-bond acceptors (Lipinski definition) is 2. The van der Waals surface area contributed by atoms with E-state index < -0.39 is 0 Å². The Morgan fingerprint density at radius 3 is 2.42 bits per heavy atom. The summed E-state index contributed by atoms with van der Waals surface area (Å²) in [6, 6.07) is 0. The molecule has 0 aromatic rings. The molecule has 1 rings (SSSR count). The van der Waals surface area contributed by atoms with Gasteiger partial charge >= 0.3 is 0 Å². The Balaban J connectivity index is 2.28. The second-order valence-corrected chi connectivity index (χ2v) is 6.86. The molecule has 0 heterocycles. The Hall–Kier alpha value is -0.570. The van der Waals surface area contributed by atoms with Crippen LogP contribution in [-0.4, -0.2) is 24.2 Å². The molecule has 0 atom stereocenters. The summed E-state index contributed by atoms with van der Waals surface area (Å²) < 4.78 is 0. The maximum absolute atomic E-state index is 12.2. The molecule has 1 aliphatic carbocycles. The van der Waals surface area contributed by atoms with Crippen molar-refractivity contribution in [3.63, 3.8) is 0 Å². The smallest absolute Gasteiger partial charge is 0.223 e. The third kappa shape index (κ3) is 5.94. The molecule has 0 radical (unpaired) electrons. The molecule has 2 N–H and O–H groups in total. The van der Waals surface area contributed by atoms with Crippen LogP contribution in [0.4, 0.5) is 0 Å². The van der Waals surface area contributed by atoms with Crippen molar-refractivity contribution >= 4 is 5.91 Å². The molecule has 1 fully saturated rings. The van der Waals surface area contributed by atoms with Crippen LogP contribution < -0.4 is 5.32 Å². The summed E-state index contributed by atoms with van der Waals surface area (Å²) >= 11 is 0. The van der Waals surface area contributed by atoms with Gasteiger partial charge in [-0.05, 0) is 49.9 Å². The van der Waals surface area contributed by atoms with Crippen LogP contribution in [0.2, 0.25) is 0 Å². The van der Waals surface area contributed by atoms with E-state index in [1.165, 1.54) is 0 Å². The van der Waals surface area contributed by atoms with Crippen LogP contribution in [0, 0.1) is 17.3 Å². The minimum absolute atomic E-state index is 0.201. The number of aliphatic hydroxyl groups is 1. The number of carbonyl (C=O) groups is 1. The highest BCUT2D eigenvalue weighted by molar-refractivity contribution is 5.78. The molecule has 0 unspecified atom stereocenters. The number of rotatable bonds is 7. The van der Waals surface area contributed by atoms with E-state index in [-0.39, 0.29) is 23.8 Å². The van der Waals surface area contributed by atoms with E-state index in [0.29, 0.717) is 5.92 Å². The van der Waals surface area contributed by atoms with Crippen molar-refractivity contribution in [2.45, 2.75) is 65.7 Å². The van der Waals surface area contributed by atoms with Crippen LogP contribution in [0.1, 0.15) is 65.7 Å². The average molecular weight is 269 g/mol. The number of amides is 1. The lowest BCUT2D eigenvalue weighted by atomic mass is 9.80. The fraction of sp³-hybridized carbons (Fsp3) is 0.938. The quantitative estimate of drug-likeness (QED) is 0.746. The number of aliphatic hydroxyl groups excluding tert-OH is 1. The zero-order valence-corrected chi connectivity index (χ0v) is 12.9. The molecule has 19 heavy (non-hydrogen) atoms. The number of hydrogen-bond donors (Lipinski definition) is 2. The zero-order valence-electron chi connectivity index (χ0n) is 12.9. The minimum Gasteiger partial charge on any atom is -0.396 e. The molecule has 0 aromatic heterocycles. The van der Waals surface area contributed by atoms with Crippen molar-refractivity contribution in [2.24, 2.45) is 17.3 Å². The standard InChI is InChI=1S/C16H31NO2/c1-4-10-16(2,3)12-17-15(19)14-7-5-13(6-8-14)9-11-18/h13-14,18H,4-12H2,1-3H3,(H,17,19). The first kappa shape index (κ1) is 16.5. The van der Waals surface area contributed by atoms with Crippen molar-refractivity contribution in [3.8, 4) is 0 Å². The summed E-state index contributed by atoms with van der Waals surface area (Å²) in [6.45, 7) is 7.69. The number of nitrogens with one attached hydrogen (secondary N) is 1. The highest BCUT2D eigenvalue weighted by atomic mass is 16.3. The van der Waals surface area contributed by atoms with E-state index in [4.69, 9.17) is 5.11 Å². The Bertz CT molecular complexity index is 268. The molecule has 1 amide bonds. The van der Waals surface area contributed by atoms with E-state index in [0.717, 1.165) is 51.5 Å². The molecule has 0 aliphatic heterocycles. The molecule has 1 aliphatic rings. The van der Waals surface area contributed by atoms with Crippen molar-refractivity contribution in [2.75, 3.05) is 13.2 Å². The fourth-order valence-corrected chi connectivity index (χ4v) is 3.13. The van der Waals surface area contributed by atoms with Gasteiger partial charge in [0.15, 0.2) is 0 Å². The highest BCUT2D eigenvalue weighted by Gasteiger charge is 2.27. The summed E-state index contributed by atoms with van der Waals surface area (Å²) in [4.78, 5) is 12.2. The average Bonchev–Trinajstić information content (AvgIpc) is 2.37. The van der Waals surface area contributed by atoms with Gasteiger partial charge in [0.05, 0.1) is 0 Å². The second kappa shape index (κ2) is 7.88. The minimum atomic E-state index is 0.201. The highest BCUT2D eigenvalue weighted by Crippen LogP contribution is 2.31. The van der Waals surface area contributed by atoms with Gasteiger partial charge in [0.2, 0.25) is 5.91 Å². The molecule has 1 saturated carbocycles. The largest absolute Gasteiger partial charge is 0.396 e. The third-order valence-corrected chi connectivity index (χ3v) is 4.42. The van der Waals surface area contributed by atoms with Crippen molar-refractivity contribution in [1.82, 2.24) is 5.32 Å². The molecule has 112 valence electrons. The van der Waals surface area contributed by atoms with Gasteiger partial charge in [-0.3, -0.25) is 4.79 Å². The van der Waals surface area contributed by atoms with E-state index in [9.17, 15) is 4.79 Å². The zero-order chi connectivity index (χ0) is 14.3. The summed E-state index contributed by atoms with van der Waals surface area (Å²) in [7, 11) is 0. The Morgan fingerprint density at radius 2 is 1.89 bits per heavy atom. The predicted molar refractivity (Wildman–Crippen MR) is 78.8 cm³/mol. The Kier molecular flexibility index (Phi) is 6.84. The lowest BCUT2D eigenvalue weighted by molar-refractivity contribution is -0.126. The van der Waals surface area contributed by atoms with Crippen molar-refractivity contribution in [1.29, 1.82) is 0 Å². The lowest BCUT2D eigenvalue weighted by Crippen LogP contribution is -2.38. The fourth-order valence-electron chi connectivity index (χ4n) is 3.13. The first-order valence-electron chi connectivity index (χ1n) is 7.87. The van der Waals surface area contributed by atoms with Crippen LogP contribution in [0.3, 0.4) is 0 Å². The normalized spacial score (nSPS) is 24.2. The maximum Gasteiger partial charge on any atom is 0.223 e. The summed E-state index contributed by atoms with van der Waals surface area (Å²) in [5, 5.41) is 12.1. The molecule has 0 spiro atoms. The molecular formula is C16H31NO2. The van der Waals surface area contributed by atoms with E-state index in [1.807, 2.05) is 0 Å². The maximum atomic E-state index is 12.2. The monoisotopic (exact) mass is 269 g/mol. The molecule has 0 aromatic carbocycles. The van der Waals surface area contributed by atoms with Crippen LogP contribution >= 0.6 is 0 Å². The lowest BCUT2D eigenvalue weighted by Gasteiger charge is -2.29. The predicted octanol–water partition coefficient (Wildman–Crippen LogP) is 3.12. The molecule has 0 bridgehead atoms. The van der Waals surface area contributed by atoms with Gasteiger partial charge < -0.3 is 10.4 Å². The SMILES string of the molecule is CCCC(C)(C)CNC(=O)C1CCC(CCO)CC1. The first-order valence-corrected chi connectivity index (χ1v) is 7.87. The van der Waals surface area contributed by atoms with Crippen molar-refractivity contribution < 1.29 is 9.90 Å². The molecule has 3 heteroatoms. The second-order valence-electron chi connectivity index (χ2n) is 6.86. The molecule has 3 nitrogen and oxygen atoms in total. The first-order chi connectivity index (χ1) is 8.98.